The summed E-state index contributed by atoms with van der Waals surface area (Å²) in [6, 6.07) is 9.77. The molecule has 1 aliphatic rings. The number of rotatable bonds is 8. The molecular weight excluding hydrogens is 599 g/mol. The van der Waals surface area contributed by atoms with Crippen molar-refractivity contribution in [2.24, 2.45) is 10.9 Å². The first-order valence-corrected chi connectivity index (χ1v) is 13.4. The predicted octanol–water partition coefficient (Wildman–Crippen LogP) is 3.90. The Morgan fingerprint density at radius 3 is 2.79 bits per heavy atom. The molecule has 0 spiro atoms. The van der Waals surface area contributed by atoms with Gasteiger partial charge in [-0.15, -0.1) is 0 Å². The third-order valence-corrected chi connectivity index (χ3v) is 7.36. The number of ether oxygens (including phenoxy) is 3. The Morgan fingerprint density at radius 2 is 2.03 bits per heavy atom. The van der Waals surface area contributed by atoms with Gasteiger partial charge < -0.3 is 28.8 Å². The number of nitrogens with zero attached hydrogens (tertiary/aromatic N) is 6. The summed E-state index contributed by atoms with van der Waals surface area (Å²) in [5, 5.41) is 14.5. The molecule has 5 rings (SSSR count). The smallest absolute Gasteiger partial charge is 0.166 e. The van der Waals surface area contributed by atoms with Crippen LogP contribution in [-0.2, 0) is 9.47 Å². The van der Waals surface area contributed by atoms with E-state index in [4.69, 9.17) is 14.2 Å². The lowest BCUT2D eigenvalue weighted by atomic mass is 10.0. The lowest BCUT2D eigenvalue weighted by molar-refractivity contribution is -0.550. The van der Waals surface area contributed by atoms with Crippen LogP contribution in [0.2, 0.25) is 0 Å². The SMILES string of the molecule is C[C@@H]1[C@H](OC(C)(C)[O-])[C@@H](COc2ccc3cccnc3c2I)O[C@H]1n1ccc2c(/N=C/N(C)C)ncnc21. The molecule has 1 aromatic carbocycles. The van der Waals surface area contributed by atoms with Gasteiger partial charge in [0.25, 0.3) is 0 Å². The average Bonchev–Trinajstić information content (AvgIpc) is 3.43. The summed E-state index contributed by atoms with van der Waals surface area (Å²) in [5.74, 6) is -0.472. The number of fused-ring (bicyclic) bond motifs is 2. The number of benzene rings is 1. The van der Waals surface area contributed by atoms with Gasteiger partial charge in [-0.05, 0) is 52.6 Å². The lowest BCUT2D eigenvalue weighted by Crippen LogP contribution is -2.47. The first kappa shape index (κ1) is 26.7. The van der Waals surface area contributed by atoms with E-state index in [1.54, 1.807) is 12.5 Å². The highest BCUT2D eigenvalue weighted by atomic mass is 127. The predicted molar refractivity (Wildman–Crippen MR) is 151 cm³/mol. The van der Waals surface area contributed by atoms with E-state index in [2.05, 4.69) is 42.5 Å². The quantitative estimate of drug-likeness (QED) is 0.125. The normalized spacial score (nSPS) is 22.1. The number of pyridine rings is 1. The van der Waals surface area contributed by atoms with Gasteiger partial charge in [0.1, 0.15) is 36.7 Å². The zero-order valence-corrected chi connectivity index (χ0v) is 24.1. The standard InChI is InChI=1S/C27H30IN6O4/c1-16-23(38-27(2,3)35)20(13-36-19-9-8-17-7-6-11-29-22(17)21(19)28)37-26(16)34-12-10-18-24(32-15-33(4)5)30-14-31-25(18)34/h6-12,14-16,20,23,26H,13H2,1-5H3/q-1/b32-15+/t16-,20-,23+,26-/m1/s1. The molecule has 3 aromatic heterocycles. The van der Waals surface area contributed by atoms with Gasteiger partial charge in [0.2, 0.25) is 0 Å². The van der Waals surface area contributed by atoms with Crippen LogP contribution in [0.4, 0.5) is 5.82 Å². The lowest BCUT2D eigenvalue weighted by Gasteiger charge is -2.37. The Hall–Kier alpha value is -2.87. The fourth-order valence-electron chi connectivity index (χ4n) is 4.66. The van der Waals surface area contributed by atoms with Crippen LogP contribution in [0.3, 0.4) is 0 Å². The van der Waals surface area contributed by atoms with Gasteiger partial charge in [-0.1, -0.05) is 26.8 Å². The second-order valence-corrected chi connectivity index (χ2v) is 11.1. The average molecular weight is 629 g/mol. The molecule has 4 heterocycles. The van der Waals surface area contributed by atoms with Crippen LogP contribution < -0.4 is 9.84 Å². The molecule has 38 heavy (non-hydrogen) atoms. The Balaban J connectivity index is 1.43. The molecule has 4 atom stereocenters. The molecule has 0 amide bonds. The van der Waals surface area contributed by atoms with E-state index in [0.717, 1.165) is 19.9 Å². The molecule has 10 nitrogen and oxygen atoms in total. The number of halogens is 1. The van der Waals surface area contributed by atoms with E-state index in [1.807, 2.05) is 67.0 Å². The maximum absolute atomic E-state index is 12.6. The molecule has 4 aromatic rings. The van der Waals surface area contributed by atoms with Crippen LogP contribution >= 0.6 is 22.6 Å². The zero-order valence-electron chi connectivity index (χ0n) is 21.9. The second kappa shape index (κ2) is 10.7. The topological polar surface area (TPSA) is 110 Å². The summed E-state index contributed by atoms with van der Waals surface area (Å²) >= 11 is 2.25. The van der Waals surface area contributed by atoms with E-state index >= 15 is 0 Å². The van der Waals surface area contributed by atoms with Crippen molar-refractivity contribution < 1.29 is 19.3 Å². The summed E-state index contributed by atoms with van der Waals surface area (Å²) in [6.45, 7) is 5.25. The van der Waals surface area contributed by atoms with Gasteiger partial charge in [-0.2, -0.15) is 0 Å². The number of aromatic nitrogens is 4. The second-order valence-electron chi connectivity index (χ2n) is 10.0. The Labute approximate surface area is 234 Å². The van der Waals surface area contributed by atoms with Crippen molar-refractivity contribution in [3.05, 3.63) is 52.6 Å². The van der Waals surface area contributed by atoms with Gasteiger partial charge in [0, 0.05) is 37.8 Å². The molecule has 0 unspecified atom stereocenters. The number of hydrogen-bond donors (Lipinski definition) is 0. The monoisotopic (exact) mass is 629 g/mol. The summed E-state index contributed by atoms with van der Waals surface area (Å²) in [4.78, 5) is 19.6. The highest BCUT2D eigenvalue weighted by Gasteiger charge is 2.45. The molecule has 0 radical (unpaired) electrons. The molecule has 1 fully saturated rings. The van der Waals surface area contributed by atoms with Gasteiger partial charge in [0.15, 0.2) is 5.82 Å². The molecule has 11 heteroatoms. The van der Waals surface area contributed by atoms with Gasteiger partial charge >= 0.3 is 0 Å². The van der Waals surface area contributed by atoms with E-state index < -0.39 is 24.2 Å². The molecule has 1 saturated heterocycles. The minimum Gasteiger partial charge on any atom is -0.829 e. The Bertz CT molecular complexity index is 1470. The van der Waals surface area contributed by atoms with Crippen LogP contribution in [0.15, 0.2) is 54.0 Å². The van der Waals surface area contributed by atoms with E-state index in [1.165, 1.54) is 20.2 Å². The summed E-state index contributed by atoms with van der Waals surface area (Å²) in [6.07, 6.45) is 5.47. The molecule has 200 valence electrons. The van der Waals surface area contributed by atoms with Crippen molar-refractivity contribution in [2.75, 3.05) is 20.7 Å². The van der Waals surface area contributed by atoms with Crippen molar-refractivity contribution in [3.8, 4) is 5.75 Å². The molecule has 0 saturated carbocycles. The highest BCUT2D eigenvalue weighted by Crippen LogP contribution is 2.40. The fraction of sp³-hybridized carbons (Fsp3) is 0.407. The Morgan fingerprint density at radius 1 is 1.21 bits per heavy atom. The zero-order chi connectivity index (χ0) is 27.0. The molecule has 0 aliphatic carbocycles. The van der Waals surface area contributed by atoms with Crippen LogP contribution in [0.5, 0.6) is 5.75 Å². The van der Waals surface area contributed by atoms with Crippen LogP contribution in [0.1, 0.15) is 27.0 Å². The number of aliphatic imine (C=N–C) groups is 1. The van der Waals surface area contributed by atoms with Crippen molar-refractivity contribution in [1.82, 2.24) is 24.4 Å². The fourth-order valence-corrected chi connectivity index (χ4v) is 5.44. The van der Waals surface area contributed by atoms with Crippen molar-refractivity contribution in [2.45, 2.75) is 45.0 Å². The third kappa shape index (κ3) is 5.46. The van der Waals surface area contributed by atoms with E-state index in [0.29, 0.717) is 17.2 Å². The highest BCUT2D eigenvalue weighted by molar-refractivity contribution is 14.1. The molecule has 0 N–H and O–H groups in total. The minimum absolute atomic E-state index is 0.159. The van der Waals surface area contributed by atoms with Crippen LogP contribution in [-0.4, -0.2) is 69.5 Å². The van der Waals surface area contributed by atoms with Crippen molar-refractivity contribution in [1.29, 1.82) is 0 Å². The van der Waals surface area contributed by atoms with Gasteiger partial charge in [0.05, 0.1) is 26.9 Å². The van der Waals surface area contributed by atoms with Crippen molar-refractivity contribution in [3.63, 3.8) is 0 Å². The maximum Gasteiger partial charge on any atom is 0.166 e. The molecule has 0 bridgehead atoms. The van der Waals surface area contributed by atoms with E-state index in [-0.39, 0.29) is 12.5 Å². The first-order valence-electron chi connectivity index (χ1n) is 12.3. The molecular formula is C27H30IN6O4-. The maximum atomic E-state index is 12.6. The first-order chi connectivity index (χ1) is 18.1. The molecule has 1 aliphatic heterocycles. The van der Waals surface area contributed by atoms with Crippen molar-refractivity contribution >= 4 is 56.7 Å². The minimum atomic E-state index is -1.59. The van der Waals surface area contributed by atoms with Gasteiger partial charge in [-0.25, -0.2) is 15.0 Å². The number of hydrogen-bond acceptors (Lipinski definition) is 8. The van der Waals surface area contributed by atoms with E-state index in [9.17, 15) is 5.11 Å². The van der Waals surface area contributed by atoms with Gasteiger partial charge in [-0.3, -0.25) is 4.98 Å². The third-order valence-electron chi connectivity index (χ3n) is 6.32. The summed E-state index contributed by atoms with van der Waals surface area (Å²) < 4.78 is 21.6. The summed E-state index contributed by atoms with van der Waals surface area (Å²) in [7, 11) is 3.80. The largest absolute Gasteiger partial charge is 0.829 e. The Kier molecular flexibility index (Phi) is 7.54. The van der Waals surface area contributed by atoms with Crippen LogP contribution in [0, 0.1) is 9.49 Å². The summed E-state index contributed by atoms with van der Waals surface area (Å²) in [5.41, 5.74) is 1.57. The van der Waals surface area contributed by atoms with Crippen LogP contribution in [0.25, 0.3) is 21.9 Å².